The van der Waals surface area contributed by atoms with Gasteiger partial charge < -0.3 is 4.74 Å². The highest BCUT2D eigenvalue weighted by Gasteiger charge is 2.22. The molecule has 0 N–H and O–H groups in total. The van der Waals surface area contributed by atoms with Crippen molar-refractivity contribution in [1.82, 2.24) is 9.97 Å². The first-order chi connectivity index (χ1) is 14.1. The average Bonchev–Trinajstić information content (AvgIpc) is 3.16. The molecule has 0 aliphatic rings. The maximum Gasteiger partial charge on any atom is 0.267 e. The van der Waals surface area contributed by atoms with Crippen molar-refractivity contribution in [2.24, 2.45) is 0 Å². The quantitative estimate of drug-likeness (QED) is 0.424. The Morgan fingerprint density at radius 1 is 1.14 bits per heavy atom. The Morgan fingerprint density at radius 2 is 2.00 bits per heavy atom. The lowest BCUT2D eigenvalue weighted by Gasteiger charge is -2.19. The number of para-hydroxylation sites is 1. The van der Waals surface area contributed by atoms with Gasteiger partial charge in [-0.2, -0.15) is 0 Å². The monoisotopic (exact) mass is 423 g/mol. The van der Waals surface area contributed by atoms with E-state index >= 15 is 0 Å². The summed E-state index contributed by atoms with van der Waals surface area (Å²) in [5.41, 5.74) is 2.52. The molecule has 0 atom stereocenters. The third-order valence-electron chi connectivity index (χ3n) is 4.29. The molecule has 0 aliphatic heterocycles. The Labute approximate surface area is 177 Å². The molecule has 2 heterocycles. The number of hydrogen-bond acceptors (Lipinski definition) is 5. The second-order valence-corrected chi connectivity index (χ2v) is 7.91. The van der Waals surface area contributed by atoms with Crippen LogP contribution in [-0.2, 0) is 11.3 Å². The van der Waals surface area contributed by atoms with Gasteiger partial charge in [0.1, 0.15) is 11.3 Å². The second-order valence-electron chi connectivity index (χ2n) is 6.49. The summed E-state index contributed by atoms with van der Waals surface area (Å²) in [5, 5.41) is 1.13. The first-order valence-corrected chi connectivity index (χ1v) is 10.2. The van der Waals surface area contributed by atoms with Crippen LogP contribution < -0.4 is 9.64 Å². The van der Waals surface area contributed by atoms with Crippen molar-refractivity contribution in [3.63, 3.8) is 0 Å². The molecule has 0 fully saturated rings. The summed E-state index contributed by atoms with van der Waals surface area (Å²) in [4.78, 5) is 23.6. The molecule has 0 radical (unpaired) electrons. The number of carbonyl (C=O) groups excluding carboxylic acids is 1. The highest BCUT2D eigenvalue weighted by atomic mass is 35.5. The van der Waals surface area contributed by atoms with Gasteiger partial charge in [-0.3, -0.25) is 14.7 Å². The highest BCUT2D eigenvalue weighted by Crippen LogP contribution is 2.33. The Balaban J connectivity index is 1.62. The van der Waals surface area contributed by atoms with Crippen molar-refractivity contribution in [3.05, 3.63) is 83.1 Å². The zero-order valence-corrected chi connectivity index (χ0v) is 17.3. The molecule has 4 rings (SSSR count). The molecule has 2 aromatic heterocycles. The number of rotatable bonds is 6. The molecular formula is C22H18ClN3O2S. The van der Waals surface area contributed by atoms with Crippen molar-refractivity contribution in [3.8, 4) is 5.75 Å². The summed E-state index contributed by atoms with van der Waals surface area (Å²) in [6.45, 7) is 2.18. The zero-order chi connectivity index (χ0) is 20.2. The number of aryl methyl sites for hydroxylation is 1. The van der Waals surface area contributed by atoms with E-state index in [1.807, 2.05) is 61.5 Å². The summed E-state index contributed by atoms with van der Waals surface area (Å²) in [5.74, 6) is 0.454. The number of pyridine rings is 1. The predicted molar refractivity (Wildman–Crippen MR) is 117 cm³/mol. The van der Waals surface area contributed by atoms with Crippen LogP contribution in [0.4, 0.5) is 5.13 Å². The summed E-state index contributed by atoms with van der Waals surface area (Å²) in [7, 11) is 0. The topological polar surface area (TPSA) is 55.3 Å². The van der Waals surface area contributed by atoms with E-state index in [2.05, 4.69) is 9.97 Å². The molecule has 0 spiro atoms. The fourth-order valence-electron chi connectivity index (χ4n) is 2.86. The van der Waals surface area contributed by atoms with Gasteiger partial charge in [0.05, 0.1) is 22.0 Å². The number of halogens is 1. The molecule has 0 saturated carbocycles. The number of benzene rings is 2. The first-order valence-electron chi connectivity index (χ1n) is 9.05. The fraction of sp³-hybridized carbons (Fsp3) is 0.136. The molecule has 1 amide bonds. The van der Waals surface area contributed by atoms with E-state index in [1.54, 1.807) is 17.2 Å². The highest BCUT2D eigenvalue weighted by molar-refractivity contribution is 7.22. The molecule has 146 valence electrons. The summed E-state index contributed by atoms with van der Waals surface area (Å²) in [6, 6.07) is 18.8. The summed E-state index contributed by atoms with van der Waals surface area (Å²) >= 11 is 7.69. The van der Waals surface area contributed by atoms with Gasteiger partial charge in [0, 0.05) is 6.20 Å². The maximum atomic E-state index is 13.1. The van der Waals surface area contributed by atoms with Crippen LogP contribution in [0.1, 0.15) is 11.3 Å². The van der Waals surface area contributed by atoms with Crippen LogP contribution in [0.5, 0.6) is 5.75 Å². The number of carbonyl (C=O) groups is 1. The van der Waals surface area contributed by atoms with Gasteiger partial charge in [-0.15, -0.1) is 0 Å². The van der Waals surface area contributed by atoms with Crippen molar-refractivity contribution in [1.29, 1.82) is 0 Å². The van der Waals surface area contributed by atoms with Gasteiger partial charge >= 0.3 is 0 Å². The number of ether oxygens (including phenoxy) is 1. The van der Waals surface area contributed by atoms with Crippen molar-refractivity contribution in [2.75, 3.05) is 11.5 Å². The number of anilines is 1. The van der Waals surface area contributed by atoms with Crippen molar-refractivity contribution < 1.29 is 9.53 Å². The Bertz CT molecular complexity index is 1150. The fourth-order valence-corrected chi connectivity index (χ4v) is 4.14. The molecule has 0 bridgehead atoms. The van der Waals surface area contributed by atoms with Gasteiger partial charge in [-0.05, 0) is 48.9 Å². The van der Waals surface area contributed by atoms with Crippen LogP contribution in [-0.4, -0.2) is 22.5 Å². The van der Waals surface area contributed by atoms with Crippen molar-refractivity contribution >= 4 is 44.2 Å². The molecule has 29 heavy (non-hydrogen) atoms. The lowest BCUT2D eigenvalue weighted by molar-refractivity contribution is -0.120. The largest absolute Gasteiger partial charge is 0.484 e. The molecule has 2 aromatic carbocycles. The average molecular weight is 424 g/mol. The van der Waals surface area contributed by atoms with E-state index in [9.17, 15) is 4.79 Å². The SMILES string of the molecule is Cc1cccc(OCC(=O)N(Cc2ccccn2)c2nc3c(Cl)cccc3s2)c1. The van der Waals surface area contributed by atoms with E-state index in [1.165, 1.54) is 11.3 Å². The smallest absolute Gasteiger partial charge is 0.267 e. The predicted octanol–water partition coefficient (Wildman–Crippen LogP) is 5.27. The van der Waals surface area contributed by atoms with Crippen LogP contribution in [0, 0.1) is 6.92 Å². The minimum Gasteiger partial charge on any atom is -0.484 e. The molecule has 0 unspecified atom stereocenters. The Kier molecular flexibility index (Phi) is 5.74. The number of fused-ring (bicyclic) bond motifs is 1. The van der Waals surface area contributed by atoms with Gasteiger partial charge in [0.2, 0.25) is 0 Å². The van der Waals surface area contributed by atoms with E-state index in [4.69, 9.17) is 16.3 Å². The Hall–Kier alpha value is -2.96. The lowest BCUT2D eigenvalue weighted by atomic mass is 10.2. The molecule has 7 heteroatoms. The zero-order valence-electron chi connectivity index (χ0n) is 15.7. The van der Waals surface area contributed by atoms with Gasteiger partial charge in [0.25, 0.3) is 5.91 Å². The lowest BCUT2D eigenvalue weighted by Crippen LogP contribution is -2.34. The van der Waals surface area contributed by atoms with Crippen molar-refractivity contribution in [2.45, 2.75) is 13.5 Å². The molecule has 5 nitrogen and oxygen atoms in total. The second kappa shape index (κ2) is 8.59. The van der Waals surface area contributed by atoms with Crippen LogP contribution in [0.15, 0.2) is 66.9 Å². The summed E-state index contributed by atoms with van der Waals surface area (Å²) in [6.07, 6.45) is 1.70. The number of amides is 1. The minimum atomic E-state index is -0.202. The number of nitrogens with zero attached hydrogens (tertiary/aromatic N) is 3. The molecule has 0 saturated heterocycles. The standard InChI is InChI=1S/C22H18ClN3O2S/c1-15-6-4-8-17(12-15)28-14-20(27)26(13-16-7-2-3-11-24-16)22-25-21-18(23)9-5-10-19(21)29-22/h2-12H,13-14H2,1H3. The van der Waals surface area contributed by atoms with E-state index in [0.717, 1.165) is 16.0 Å². The molecule has 0 aliphatic carbocycles. The third-order valence-corrected chi connectivity index (χ3v) is 5.64. The first kappa shape index (κ1) is 19.4. The third kappa shape index (κ3) is 4.55. The van der Waals surface area contributed by atoms with Gasteiger partial charge in [-0.1, -0.05) is 47.2 Å². The van der Waals surface area contributed by atoms with E-state index in [0.29, 0.717) is 28.0 Å². The molecule has 4 aromatic rings. The van der Waals surface area contributed by atoms with Crippen LogP contribution in [0.25, 0.3) is 10.2 Å². The summed E-state index contributed by atoms with van der Waals surface area (Å²) < 4.78 is 6.65. The normalized spacial score (nSPS) is 10.8. The van der Waals surface area contributed by atoms with Crippen LogP contribution in [0.3, 0.4) is 0 Å². The van der Waals surface area contributed by atoms with E-state index in [-0.39, 0.29) is 12.5 Å². The number of aromatic nitrogens is 2. The number of hydrogen-bond donors (Lipinski definition) is 0. The van der Waals surface area contributed by atoms with Gasteiger partial charge in [0.15, 0.2) is 11.7 Å². The van der Waals surface area contributed by atoms with E-state index < -0.39 is 0 Å². The number of thiazole rings is 1. The minimum absolute atomic E-state index is 0.0973. The van der Waals surface area contributed by atoms with Crippen LogP contribution in [0.2, 0.25) is 5.02 Å². The van der Waals surface area contributed by atoms with Gasteiger partial charge in [-0.25, -0.2) is 4.98 Å². The Morgan fingerprint density at radius 3 is 2.76 bits per heavy atom. The maximum absolute atomic E-state index is 13.1. The van der Waals surface area contributed by atoms with Crippen LogP contribution >= 0.6 is 22.9 Å². The molecular weight excluding hydrogens is 406 g/mol.